The number of rotatable bonds is 14. The second kappa shape index (κ2) is 13.8. The number of hydrogen-bond donors (Lipinski definition) is 1. The minimum atomic E-state index is -3.62. The summed E-state index contributed by atoms with van der Waals surface area (Å²) in [6.45, 7) is 4.87. The summed E-state index contributed by atoms with van der Waals surface area (Å²) in [5.74, 6) is 0.340. The lowest BCUT2D eigenvalue weighted by Gasteiger charge is -2.31. The minimum absolute atomic E-state index is 0.127. The molecule has 0 aliphatic carbocycles. The van der Waals surface area contributed by atoms with Crippen molar-refractivity contribution in [1.82, 2.24) is 14.5 Å². The Bertz CT molecular complexity index is 1040. The van der Waals surface area contributed by atoms with Crippen LogP contribution in [-0.2, 0) is 26.2 Å². The van der Waals surface area contributed by atoms with Crippen molar-refractivity contribution in [2.24, 2.45) is 0 Å². The van der Waals surface area contributed by atoms with Gasteiger partial charge in [0.25, 0.3) is 0 Å². The highest BCUT2D eigenvalue weighted by atomic mass is 32.2. The summed E-state index contributed by atoms with van der Waals surface area (Å²) in [6.07, 6.45) is 1.74. The van der Waals surface area contributed by atoms with Gasteiger partial charge in [-0.1, -0.05) is 44.2 Å². The fourth-order valence-electron chi connectivity index (χ4n) is 3.70. The molecule has 192 valence electrons. The van der Waals surface area contributed by atoms with E-state index in [1.54, 1.807) is 42.3 Å². The summed E-state index contributed by atoms with van der Waals surface area (Å²) in [7, 11) is -0.527. The van der Waals surface area contributed by atoms with Crippen LogP contribution in [0.4, 0.5) is 0 Å². The van der Waals surface area contributed by atoms with Gasteiger partial charge >= 0.3 is 0 Å². The highest BCUT2D eigenvalue weighted by Gasteiger charge is 2.28. The molecule has 2 amide bonds. The zero-order chi connectivity index (χ0) is 25.8. The summed E-state index contributed by atoms with van der Waals surface area (Å²) >= 11 is 0. The van der Waals surface area contributed by atoms with Gasteiger partial charge in [0.05, 0.1) is 12.0 Å². The third-order valence-corrected chi connectivity index (χ3v) is 7.63. The SMILES string of the molecule is CCCNC(=O)[C@@H](CC)N(Cc1ccc(OC)cc1)C(=O)CCCN(C)S(=O)(=O)c1ccccc1. The van der Waals surface area contributed by atoms with E-state index in [0.717, 1.165) is 12.0 Å². The molecule has 0 saturated heterocycles. The topological polar surface area (TPSA) is 96.0 Å². The van der Waals surface area contributed by atoms with E-state index < -0.39 is 16.1 Å². The number of carbonyl (C=O) groups is 2. The van der Waals surface area contributed by atoms with Crippen LogP contribution in [0.5, 0.6) is 5.75 Å². The molecule has 0 saturated carbocycles. The third kappa shape index (κ3) is 8.07. The van der Waals surface area contributed by atoms with Crippen molar-refractivity contribution in [3.63, 3.8) is 0 Å². The van der Waals surface area contributed by atoms with Crippen LogP contribution in [0.2, 0.25) is 0 Å². The predicted octanol–water partition coefficient (Wildman–Crippen LogP) is 3.43. The van der Waals surface area contributed by atoms with E-state index >= 15 is 0 Å². The Labute approximate surface area is 209 Å². The lowest BCUT2D eigenvalue weighted by Crippen LogP contribution is -2.49. The van der Waals surface area contributed by atoms with Crippen LogP contribution in [0.1, 0.15) is 45.1 Å². The van der Waals surface area contributed by atoms with Crippen molar-refractivity contribution >= 4 is 21.8 Å². The van der Waals surface area contributed by atoms with Crippen LogP contribution in [0.15, 0.2) is 59.5 Å². The van der Waals surface area contributed by atoms with Gasteiger partial charge in [0.1, 0.15) is 11.8 Å². The number of methoxy groups -OCH3 is 1. The van der Waals surface area contributed by atoms with Crippen LogP contribution in [0.3, 0.4) is 0 Å². The molecular formula is C26H37N3O5S. The van der Waals surface area contributed by atoms with Crippen molar-refractivity contribution in [3.8, 4) is 5.75 Å². The molecule has 9 heteroatoms. The maximum absolute atomic E-state index is 13.3. The van der Waals surface area contributed by atoms with Gasteiger partial charge < -0.3 is 15.0 Å². The van der Waals surface area contributed by atoms with E-state index in [4.69, 9.17) is 4.74 Å². The molecular weight excluding hydrogens is 466 g/mol. The molecule has 2 rings (SSSR count). The Balaban J connectivity index is 2.12. The first-order valence-corrected chi connectivity index (χ1v) is 13.4. The Morgan fingerprint density at radius 2 is 1.69 bits per heavy atom. The molecule has 0 aliphatic heterocycles. The number of nitrogens with zero attached hydrogens (tertiary/aromatic N) is 2. The summed E-state index contributed by atoms with van der Waals surface area (Å²) in [4.78, 5) is 27.9. The summed E-state index contributed by atoms with van der Waals surface area (Å²) in [6, 6.07) is 15.0. The van der Waals surface area contributed by atoms with Gasteiger partial charge in [0, 0.05) is 33.1 Å². The van der Waals surface area contributed by atoms with Gasteiger partial charge in [-0.25, -0.2) is 12.7 Å². The summed E-state index contributed by atoms with van der Waals surface area (Å²) < 4.78 is 32.0. The lowest BCUT2D eigenvalue weighted by atomic mass is 10.1. The fourth-order valence-corrected chi connectivity index (χ4v) is 4.93. The Kier molecular flexibility index (Phi) is 11.2. The van der Waals surface area contributed by atoms with E-state index in [9.17, 15) is 18.0 Å². The first kappa shape index (κ1) is 28.3. The van der Waals surface area contributed by atoms with Crippen LogP contribution in [-0.4, -0.2) is 62.7 Å². The first-order chi connectivity index (χ1) is 16.7. The molecule has 1 N–H and O–H groups in total. The van der Waals surface area contributed by atoms with E-state index in [1.165, 1.54) is 11.4 Å². The van der Waals surface area contributed by atoms with Crippen LogP contribution >= 0.6 is 0 Å². The lowest BCUT2D eigenvalue weighted by molar-refractivity contribution is -0.141. The number of benzene rings is 2. The number of sulfonamides is 1. The maximum atomic E-state index is 13.3. The molecule has 35 heavy (non-hydrogen) atoms. The zero-order valence-corrected chi connectivity index (χ0v) is 21.9. The quantitative estimate of drug-likeness (QED) is 0.426. The van der Waals surface area contributed by atoms with Gasteiger partial charge in [-0.05, 0) is 49.1 Å². The Morgan fingerprint density at radius 3 is 2.26 bits per heavy atom. The monoisotopic (exact) mass is 503 g/mol. The molecule has 2 aromatic carbocycles. The molecule has 0 fully saturated rings. The molecule has 0 unspecified atom stereocenters. The average molecular weight is 504 g/mol. The molecule has 0 aromatic heterocycles. The number of hydrogen-bond acceptors (Lipinski definition) is 5. The molecule has 0 heterocycles. The van der Waals surface area contributed by atoms with Crippen molar-refractivity contribution in [2.45, 2.75) is 57.0 Å². The number of ether oxygens (including phenoxy) is 1. The van der Waals surface area contributed by atoms with Crippen molar-refractivity contribution in [3.05, 3.63) is 60.2 Å². The van der Waals surface area contributed by atoms with Gasteiger partial charge in [-0.2, -0.15) is 0 Å². The van der Waals surface area contributed by atoms with Crippen molar-refractivity contribution in [1.29, 1.82) is 0 Å². The molecule has 8 nitrogen and oxygen atoms in total. The van der Waals surface area contributed by atoms with E-state index in [2.05, 4.69) is 5.32 Å². The summed E-state index contributed by atoms with van der Waals surface area (Å²) in [5.41, 5.74) is 0.879. The smallest absolute Gasteiger partial charge is 0.242 e. The highest BCUT2D eigenvalue weighted by molar-refractivity contribution is 7.89. The van der Waals surface area contributed by atoms with Gasteiger partial charge in [0.15, 0.2) is 0 Å². The van der Waals surface area contributed by atoms with Crippen molar-refractivity contribution in [2.75, 3.05) is 27.2 Å². The van der Waals surface area contributed by atoms with E-state index in [0.29, 0.717) is 25.1 Å². The standard InChI is InChI=1S/C26H37N3O5S/c1-5-18-27-26(31)24(6-2)29(20-21-14-16-22(34-4)17-15-21)25(30)13-10-19-28(3)35(32,33)23-11-8-7-9-12-23/h7-9,11-12,14-17,24H,5-6,10,13,18-20H2,1-4H3,(H,27,31)/t24-/m1/s1. The predicted molar refractivity (Wildman–Crippen MR) is 136 cm³/mol. The second-order valence-corrected chi connectivity index (χ2v) is 10.4. The number of amides is 2. The Hall–Kier alpha value is -2.91. The van der Waals surface area contributed by atoms with Gasteiger partial charge in [-0.3, -0.25) is 9.59 Å². The average Bonchev–Trinajstić information content (AvgIpc) is 2.87. The Morgan fingerprint density at radius 1 is 1.03 bits per heavy atom. The van der Waals surface area contributed by atoms with Crippen molar-refractivity contribution < 1.29 is 22.7 Å². The maximum Gasteiger partial charge on any atom is 0.242 e. The number of carbonyl (C=O) groups excluding carboxylic acids is 2. The third-order valence-electron chi connectivity index (χ3n) is 5.76. The van der Waals surface area contributed by atoms with Crippen LogP contribution in [0.25, 0.3) is 0 Å². The molecule has 0 bridgehead atoms. The van der Waals surface area contributed by atoms with E-state index in [1.807, 2.05) is 38.1 Å². The molecule has 0 aliphatic rings. The number of nitrogens with one attached hydrogen (secondary N) is 1. The normalized spacial score (nSPS) is 12.3. The van der Waals surface area contributed by atoms with Crippen LogP contribution in [0, 0.1) is 0 Å². The largest absolute Gasteiger partial charge is 0.497 e. The first-order valence-electron chi connectivity index (χ1n) is 12.0. The minimum Gasteiger partial charge on any atom is -0.497 e. The molecule has 0 radical (unpaired) electrons. The van der Waals surface area contributed by atoms with Gasteiger partial charge in [-0.15, -0.1) is 0 Å². The fraction of sp³-hybridized carbons (Fsp3) is 0.462. The summed E-state index contributed by atoms with van der Waals surface area (Å²) in [5, 5.41) is 2.89. The van der Waals surface area contributed by atoms with E-state index in [-0.39, 0.29) is 36.2 Å². The zero-order valence-electron chi connectivity index (χ0n) is 21.1. The second-order valence-electron chi connectivity index (χ2n) is 8.33. The molecule has 0 spiro atoms. The van der Waals surface area contributed by atoms with Crippen LogP contribution < -0.4 is 10.1 Å². The highest BCUT2D eigenvalue weighted by Crippen LogP contribution is 2.18. The molecule has 2 aromatic rings. The molecule has 1 atom stereocenters. The van der Waals surface area contributed by atoms with Gasteiger partial charge in [0.2, 0.25) is 21.8 Å².